The Morgan fingerprint density at radius 1 is 1.39 bits per heavy atom. The Morgan fingerprint density at radius 2 is 2.17 bits per heavy atom. The Hall–Kier alpha value is -1.30. The van der Waals surface area contributed by atoms with Crippen LogP contribution < -0.4 is 10.6 Å². The maximum atomic E-state index is 6.25. The lowest BCUT2D eigenvalue weighted by molar-refractivity contribution is 0.683. The van der Waals surface area contributed by atoms with Crippen LogP contribution >= 0.6 is 34.5 Å². The first kappa shape index (κ1) is 18.0. The highest BCUT2D eigenvalue weighted by Crippen LogP contribution is 2.25. The largest absolute Gasteiger partial charge is 0.356 e. The lowest BCUT2D eigenvalue weighted by Crippen LogP contribution is -2.39. The summed E-state index contributed by atoms with van der Waals surface area (Å²) in [7, 11) is 1.75. The molecule has 1 heterocycles. The van der Waals surface area contributed by atoms with E-state index < -0.39 is 0 Å². The van der Waals surface area contributed by atoms with E-state index in [0.717, 1.165) is 35.2 Å². The first-order valence-electron chi connectivity index (χ1n) is 7.32. The van der Waals surface area contributed by atoms with Crippen molar-refractivity contribution in [2.24, 2.45) is 4.99 Å². The Balaban J connectivity index is 1.88. The van der Waals surface area contributed by atoms with Crippen molar-refractivity contribution in [2.75, 3.05) is 13.6 Å². The second-order valence-corrected chi connectivity index (χ2v) is 7.04. The number of aliphatic imine (C=N–C) groups is 1. The van der Waals surface area contributed by atoms with Gasteiger partial charge in [0.25, 0.3) is 0 Å². The molecule has 4 nitrogen and oxygen atoms in total. The summed E-state index contributed by atoms with van der Waals surface area (Å²) < 4.78 is 0. The topological polar surface area (TPSA) is 49.3 Å². The number of rotatable bonds is 5. The molecular formula is C16H20Cl2N4S. The molecular weight excluding hydrogens is 351 g/mol. The molecule has 23 heavy (non-hydrogen) atoms. The van der Waals surface area contributed by atoms with Crippen molar-refractivity contribution in [3.05, 3.63) is 49.9 Å². The number of thiazole rings is 1. The number of hydrogen-bond acceptors (Lipinski definition) is 3. The number of aromatic nitrogens is 1. The van der Waals surface area contributed by atoms with Gasteiger partial charge in [-0.25, -0.2) is 4.98 Å². The number of nitrogens with one attached hydrogen (secondary N) is 2. The van der Waals surface area contributed by atoms with Gasteiger partial charge in [-0.05, 0) is 31.5 Å². The molecule has 7 heteroatoms. The van der Waals surface area contributed by atoms with Gasteiger partial charge in [0, 0.05) is 35.4 Å². The second kappa shape index (κ2) is 8.52. The van der Waals surface area contributed by atoms with Gasteiger partial charge in [-0.1, -0.05) is 29.3 Å². The summed E-state index contributed by atoms with van der Waals surface area (Å²) >= 11 is 13.9. The van der Waals surface area contributed by atoms with Gasteiger partial charge in [0.2, 0.25) is 0 Å². The van der Waals surface area contributed by atoms with Crippen LogP contribution in [0.25, 0.3) is 0 Å². The van der Waals surface area contributed by atoms with Gasteiger partial charge in [-0.3, -0.25) is 4.99 Å². The molecule has 1 unspecified atom stereocenters. The minimum absolute atomic E-state index is 0.0208. The zero-order valence-electron chi connectivity index (χ0n) is 13.4. The van der Waals surface area contributed by atoms with Crippen molar-refractivity contribution in [1.29, 1.82) is 0 Å². The van der Waals surface area contributed by atoms with Crippen molar-refractivity contribution < 1.29 is 0 Å². The first-order chi connectivity index (χ1) is 11.0. The zero-order chi connectivity index (χ0) is 16.8. The summed E-state index contributed by atoms with van der Waals surface area (Å²) in [4.78, 5) is 8.69. The summed E-state index contributed by atoms with van der Waals surface area (Å²) in [6, 6.07) is 5.53. The van der Waals surface area contributed by atoms with E-state index in [0.29, 0.717) is 10.0 Å². The molecule has 0 amide bonds. The number of benzene rings is 1. The van der Waals surface area contributed by atoms with Gasteiger partial charge < -0.3 is 10.6 Å². The normalized spacial score (nSPS) is 13.0. The highest BCUT2D eigenvalue weighted by molar-refractivity contribution is 7.09. The molecule has 0 aliphatic rings. The van der Waals surface area contributed by atoms with Crippen LogP contribution in [0.2, 0.25) is 10.0 Å². The fourth-order valence-electron chi connectivity index (χ4n) is 2.16. The number of nitrogens with zero attached hydrogens (tertiary/aromatic N) is 2. The first-order valence-corrected chi connectivity index (χ1v) is 8.96. The zero-order valence-corrected chi connectivity index (χ0v) is 15.7. The van der Waals surface area contributed by atoms with Gasteiger partial charge in [-0.2, -0.15) is 0 Å². The van der Waals surface area contributed by atoms with E-state index in [4.69, 9.17) is 23.2 Å². The van der Waals surface area contributed by atoms with E-state index in [2.05, 4.69) is 26.0 Å². The number of aryl methyl sites for hydroxylation is 1. The number of halogens is 2. The quantitative estimate of drug-likeness (QED) is 0.611. The van der Waals surface area contributed by atoms with Crippen molar-refractivity contribution in [3.8, 4) is 0 Å². The summed E-state index contributed by atoms with van der Waals surface area (Å²) in [5.41, 5.74) is 2.08. The predicted octanol–water partition coefficient (Wildman–Crippen LogP) is 4.23. The molecule has 2 aromatic rings. The van der Waals surface area contributed by atoms with Crippen molar-refractivity contribution >= 4 is 40.5 Å². The second-order valence-electron chi connectivity index (χ2n) is 5.14. The smallest absolute Gasteiger partial charge is 0.191 e. The van der Waals surface area contributed by atoms with E-state index >= 15 is 0 Å². The van der Waals surface area contributed by atoms with Crippen LogP contribution in [0.5, 0.6) is 0 Å². The third-order valence-electron chi connectivity index (χ3n) is 3.35. The van der Waals surface area contributed by atoms with Crippen molar-refractivity contribution in [3.63, 3.8) is 0 Å². The van der Waals surface area contributed by atoms with Crippen LogP contribution in [-0.4, -0.2) is 24.5 Å². The van der Waals surface area contributed by atoms with Crippen LogP contribution in [0, 0.1) is 6.92 Å². The van der Waals surface area contributed by atoms with Gasteiger partial charge in [0.05, 0.1) is 16.7 Å². The minimum Gasteiger partial charge on any atom is -0.356 e. The van der Waals surface area contributed by atoms with Crippen molar-refractivity contribution in [1.82, 2.24) is 15.6 Å². The van der Waals surface area contributed by atoms with Gasteiger partial charge >= 0.3 is 0 Å². The highest BCUT2D eigenvalue weighted by atomic mass is 35.5. The molecule has 0 saturated heterocycles. The lowest BCUT2D eigenvalue weighted by atomic mass is 10.1. The van der Waals surface area contributed by atoms with Crippen LogP contribution in [0.3, 0.4) is 0 Å². The summed E-state index contributed by atoms with van der Waals surface area (Å²) in [5, 5.41) is 11.1. The molecule has 0 spiro atoms. The molecule has 124 valence electrons. The van der Waals surface area contributed by atoms with Crippen LogP contribution in [0.1, 0.15) is 29.2 Å². The Bertz CT molecular complexity index is 684. The average molecular weight is 371 g/mol. The Morgan fingerprint density at radius 3 is 2.78 bits per heavy atom. The molecule has 0 saturated carbocycles. The molecule has 1 atom stereocenters. The highest BCUT2D eigenvalue weighted by Gasteiger charge is 2.11. The van der Waals surface area contributed by atoms with E-state index in [1.807, 2.05) is 26.0 Å². The van der Waals surface area contributed by atoms with Crippen LogP contribution in [0.4, 0.5) is 0 Å². The molecule has 0 bridgehead atoms. The predicted molar refractivity (Wildman–Crippen MR) is 99.9 cm³/mol. The van der Waals surface area contributed by atoms with E-state index in [9.17, 15) is 0 Å². The maximum absolute atomic E-state index is 6.25. The standard InChI is InChI=1S/C16H20Cl2N4S/c1-10(14-5-4-12(17)8-15(14)18)21-16(19-3)20-7-6-13-9-23-11(2)22-13/h4-5,8-10H,6-7H2,1-3H3,(H2,19,20,21). The SMILES string of the molecule is CN=C(NCCc1csc(C)n1)NC(C)c1ccc(Cl)cc1Cl. The molecule has 2 rings (SSSR count). The summed E-state index contributed by atoms with van der Waals surface area (Å²) in [6.45, 7) is 4.81. The number of hydrogen-bond donors (Lipinski definition) is 2. The lowest BCUT2D eigenvalue weighted by Gasteiger charge is -2.19. The minimum atomic E-state index is 0.0208. The molecule has 0 radical (unpaired) electrons. The van der Waals surface area contributed by atoms with Gasteiger partial charge in [0.1, 0.15) is 0 Å². The van der Waals surface area contributed by atoms with E-state index in [1.54, 1.807) is 24.5 Å². The number of guanidine groups is 1. The third-order valence-corrected chi connectivity index (χ3v) is 4.73. The summed E-state index contributed by atoms with van der Waals surface area (Å²) in [6.07, 6.45) is 0.862. The Kier molecular flexibility index (Phi) is 6.69. The molecule has 2 N–H and O–H groups in total. The van der Waals surface area contributed by atoms with E-state index in [-0.39, 0.29) is 6.04 Å². The van der Waals surface area contributed by atoms with Crippen LogP contribution in [-0.2, 0) is 6.42 Å². The summed E-state index contributed by atoms with van der Waals surface area (Å²) in [5.74, 6) is 0.732. The monoisotopic (exact) mass is 370 g/mol. The fourth-order valence-corrected chi connectivity index (χ4v) is 3.38. The molecule has 1 aromatic heterocycles. The maximum Gasteiger partial charge on any atom is 0.191 e. The average Bonchev–Trinajstić information content (AvgIpc) is 2.91. The van der Waals surface area contributed by atoms with Crippen LogP contribution in [0.15, 0.2) is 28.6 Å². The van der Waals surface area contributed by atoms with Gasteiger partial charge in [-0.15, -0.1) is 11.3 Å². The Labute approximate surface area is 151 Å². The third kappa shape index (κ3) is 5.37. The fraction of sp³-hybridized carbons (Fsp3) is 0.375. The van der Waals surface area contributed by atoms with E-state index in [1.165, 1.54) is 0 Å². The molecule has 0 aliphatic carbocycles. The molecule has 1 aromatic carbocycles. The molecule has 0 aliphatic heterocycles. The van der Waals surface area contributed by atoms with Gasteiger partial charge in [0.15, 0.2) is 5.96 Å². The van der Waals surface area contributed by atoms with Crippen molar-refractivity contribution in [2.45, 2.75) is 26.3 Å². The molecule has 0 fully saturated rings.